The summed E-state index contributed by atoms with van der Waals surface area (Å²) < 4.78 is 21.7. The smallest absolute Gasteiger partial charge is 0.161 e. The number of hydrogen-bond acceptors (Lipinski definition) is 4. The SMILES string of the molecule is COc1cc2c(cc1OC)CC(C)c1cc(OC)c(OC)cc1C#C2. The van der Waals surface area contributed by atoms with Crippen molar-refractivity contribution in [1.29, 1.82) is 0 Å². The first kappa shape index (κ1) is 17.0. The second-order valence-corrected chi connectivity index (χ2v) is 6.01. The van der Waals surface area contributed by atoms with Gasteiger partial charge in [0.2, 0.25) is 0 Å². The lowest BCUT2D eigenvalue weighted by Crippen LogP contribution is -2.07. The summed E-state index contributed by atoms with van der Waals surface area (Å²) in [6.45, 7) is 2.19. The lowest BCUT2D eigenvalue weighted by Gasteiger charge is -2.20. The molecule has 0 amide bonds. The van der Waals surface area contributed by atoms with Crippen LogP contribution in [0.15, 0.2) is 24.3 Å². The van der Waals surface area contributed by atoms with Crippen LogP contribution in [-0.2, 0) is 6.42 Å². The highest BCUT2D eigenvalue weighted by molar-refractivity contribution is 5.60. The van der Waals surface area contributed by atoms with Gasteiger partial charge >= 0.3 is 0 Å². The fraction of sp³-hybridized carbons (Fsp3) is 0.333. The molecule has 3 rings (SSSR count). The van der Waals surface area contributed by atoms with E-state index in [4.69, 9.17) is 18.9 Å². The molecule has 1 aliphatic carbocycles. The van der Waals surface area contributed by atoms with Crippen LogP contribution in [0.2, 0.25) is 0 Å². The normalized spacial score (nSPS) is 14.8. The molecule has 2 aromatic rings. The summed E-state index contributed by atoms with van der Waals surface area (Å²) in [6, 6.07) is 7.94. The van der Waals surface area contributed by atoms with Crippen LogP contribution in [0.3, 0.4) is 0 Å². The highest BCUT2D eigenvalue weighted by atomic mass is 16.5. The van der Waals surface area contributed by atoms with Crippen LogP contribution in [0.1, 0.15) is 35.1 Å². The fourth-order valence-electron chi connectivity index (χ4n) is 3.19. The maximum atomic E-state index is 5.45. The van der Waals surface area contributed by atoms with Crippen LogP contribution in [0, 0.1) is 11.8 Å². The lowest BCUT2D eigenvalue weighted by molar-refractivity contribution is 0.353. The highest BCUT2D eigenvalue weighted by Crippen LogP contribution is 2.38. The van der Waals surface area contributed by atoms with Crippen LogP contribution in [-0.4, -0.2) is 28.4 Å². The first-order valence-electron chi connectivity index (χ1n) is 8.14. The van der Waals surface area contributed by atoms with Crippen molar-refractivity contribution < 1.29 is 18.9 Å². The second-order valence-electron chi connectivity index (χ2n) is 6.01. The molecule has 0 aromatic heterocycles. The molecular formula is C21H22O4. The van der Waals surface area contributed by atoms with Crippen LogP contribution in [0.4, 0.5) is 0 Å². The van der Waals surface area contributed by atoms with E-state index in [1.165, 1.54) is 0 Å². The van der Waals surface area contributed by atoms with Crippen molar-refractivity contribution in [3.05, 3.63) is 46.5 Å². The maximum absolute atomic E-state index is 5.45. The van der Waals surface area contributed by atoms with E-state index in [1.54, 1.807) is 28.4 Å². The van der Waals surface area contributed by atoms with E-state index in [0.29, 0.717) is 11.5 Å². The van der Waals surface area contributed by atoms with Crippen molar-refractivity contribution in [3.63, 3.8) is 0 Å². The third-order valence-electron chi connectivity index (χ3n) is 4.55. The monoisotopic (exact) mass is 338 g/mol. The van der Waals surface area contributed by atoms with Gasteiger partial charge in [-0.2, -0.15) is 0 Å². The quantitative estimate of drug-likeness (QED) is 0.795. The zero-order chi connectivity index (χ0) is 18.0. The minimum atomic E-state index is 0.279. The third-order valence-corrected chi connectivity index (χ3v) is 4.55. The van der Waals surface area contributed by atoms with E-state index >= 15 is 0 Å². The minimum absolute atomic E-state index is 0.279. The molecule has 4 nitrogen and oxygen atoms in total. The molecule has 0 heterocycles. The molecule has 0 N–H and O–H groups in total. The van der Waals surface area contributed by atoms with Crippen molar-refractivity contribution in [2.45, 2.75) is 19.3 Å². The summed E-state index contributed by atoms with van der Waals surface area (Å²) in [4.78, 5) is 0. The second kappa shape index (κ2) is 6.98. The van der Waals surface area contributed by atoms with Crippen molar-refractivity contribution in [2.75, 3.05) is 28.4 Å². The van der Waals surface area contributed by atoms with Crippen LogP contribution < -0.4 is 18.9 Å². The Morgan fingerprint density at radius 1 is 0.720 bits per heavy atom. The molecule has 4 heteroatoms. The van der Waals surface area contributed by atoms with Gasteiger partial charge in [-0.25, -0.2) is 0 Å². The van der Waals surface area contributed by atoms with Crippen LogP contribution >= 0.6 is 0 Å². The van der Waals surface area contributed by atoms with Gasteiger partial charge in [-0.05, 0) is 47.7 Å². The zero-order valence-corrected chi connectivity index (χ0v) is 15.2. The molecule has 0 saturated carbocycles. The van der Waals surface area contributed by atoms with Gasteiger partial charge in [0.1, 0.15) is 0 Å². The Balaban J connectivity index is 2.17. The molecule has 0 saturated heterocycles. The number of methoxy groups -OCH3 is 4. The third kappa shape index (κ3) is 3.10. The van der Waals surface area contributed by atoms with Crippen molar-refractivity contribution in [3.8, 4) is 34.8 Å². The number of benzene rings is 2. The van der Waals surface area contributed by atoms with Crippen molar-refractivity contribution >= 4 is 0 Å². The van der Waals surface area contributed by atoms with Gasteiger partial charge in [0, 0.05) is 11.1 Å². The largest absolute Gasteiger partial charge is 0.493 e. The average molecular weight is 338 g/mol. The molecular weight excluding hydrogens is 316 g/mol. The Labute approximate surface area is 148 Å². The van der Waals surface area contributed by atoms with E-state index in [-0.39, 0.29) is 5.92 Å². The molecule has 1 atom stereocenters. The Hall–Kier alpha value is -2.80. The first-order valence-corrected chi connectivity index (χ1v) is 8.14. The number of fused-ring (bicyclic) bond motifs is 2. The van der Waals surface area contributed by atoms with Crippen LogP contribution in [0.5, 0.6) is 23.0 Å². The Kier molecular flexibility index (Phi) is 4.76. The Bertz CT molecular complexity index is 858. The average Bonchev–Trinajstić information content (AvgIpc) is 2.64. The zero-order valence-electron chi connectivity index (χ0n) is 15.2. The van der Waals surface area contributed by atoms with Crippen LogP contribution in [0.25, 0.3) is 0 Å². The summed E-state index contributed by atoms with van der Waals surface area (Å²) >= 11 is 0. The van der Waals surface area contributed by atoms with Gasteiger partial charge < -0.3 is 18.9 Å². The summed E-state index contributed by atoms with van der Waals surface area (Å²) in [5, 5.41) is 0. The molecule has 0 spiro atoms. The van der Waals surface area contributed by atoms with Gasteiger partial charge in [-0.15, -0.1) is 0 Å². The first-order chi connectivity index (χ1) is 12.1. The summed E-state index contributed by atoms with van der Waals surface area (Å²) in [5.74, 6) is 9.67. The van der Waals surface area contributed by atoms with Gasteiger partial charge in [0.15, 0.2) is 23.0 Å². The molecule has 0 radical (unpaired) electrons. The summed E-state index contributed by atoms with van der Waals surface area (Å²) in [6.07, 6.45) is 0.854. The van der Waals surface area contributed by atoms with E-state index in [2.05, 4.69) is 18.8 Å². The van der Waals surface area contributed by atoms with Gasteiger partial charge in [0.05, 0.1) is 28.4 Å². The van der Waals surface area contributed by atoms with E-state index in [9.17, 15) is 0 Å². The van der Waals surface area contributed by atoms with Crippen molar-refractivity contribution in [1.82, 2.24) is 0 Å². The summed E-state index contributed by atoms with van der Waals surface area (Å²) in [5.41, 5.74) is 4.24. The van der Waals surface area contributed by atoms with Crippen molar-refractivity contribution in [2.24, 2.45) is 0 Å². The number of ether oxygens (including phenoxy) is 4. The molecule has 1 unspecified atom stereocenters. The lowest BCUT2D eigenvalue weighted by atomic mass is 9.86. The molecule has 1 aliphatic rings. The van der Waals surface area contributed by atoms with Gasteiger partial charge in [0.25, 0.3) is 0 Å². The molecule has 25 heavy (non-hydrogen) atoms. The fourth-order valence-corrected chi connectivity index (χ4v) is 3.19. The number of hydrogen-bond donors (Lipinski definition) is 0. The molecule has 0 aliphatic heterocycles. The van der Waals surface area contributed by atoms with Gasteiger partial charge in [-0.3, -0.25) is 0 Å². The predicted molar refractivity (Wildman–Crippen MR) is 97.2 cm³/mol. The molecule has 0 bridgehead atoms. The standard InChI is InChI=1S/C21H22O4/c1-13-8-16-11-20(24-4)18(22-2)9-14(16)6-7-15-10-19(23-3)21(25-5)12-17(13)15/h9-13H,8H2,1-5H3. The van der Waals surface area contributed by atoms with Gasteiger partial charge in [-0.1, -0.05) is 18.8 Å². The highest BCUT2D eigenvalue weighted by Gasteiger charge is 2.20. The Morgan fingerprint density at radius 2 is 1.20 bits per heavy atom. The van der Waals surface area contributed by atoms with E-state index < -0.39 is 0 Å². The van der Waals surface area contributed by atoms with E-state index in [1.807, 2.05) is 24.3 Å². The molecule has 0 fully saturated rings. The number of rotatable bonds is 4. The minimum Gasteiger partial charge on any atom is -0.493 e. The maximum Gasteiger partial charge on any atom is 0.161 e. The summed E-state index contributed by atoms with van der Waals surface area (Å²) in [7, 11) is 6.57. The molecule has 130 valence electrons. The topological polar surface area (TPSA) is 36.9 Å². The predicted octanol–water partition coefficient (Wildman–Crippen LogP) is 3.78. The van der Waals surface area contributed by atoms with E-state index in [0.717, 1.165) is 40.2 Å². The molecule has 2 aromatic carbocycles. The Morgan fingerprint density at radius 3 is 1.80 bits per heavy atom.